The van der Waals surface area contributed by atoms with Crippen LogP contribution in [0.1, 0.15) is 10.4 Å². The third kappa shape index (κ3) is 4.26. The smallest absolute Gasteiger partial charge is 0.255 e. The van der Waals surface area contributed by atoms with E-state index in [1.807, 2.05) is 0 Å². The van der Waals surface area contributed by atoms with E-state index < -0.39 is 5.82 Å². The molecule has 4 rings (SSSR count). The predicted octanol–water partition coefficient (Wildman–Crippen LogP) is 6.48. The average Bonchev–Trinajstić information content (AvgIpc) is 3.23. The summed E-state index contributed by atoms with van der Waals surface area (Å²) in [6, 6.07) is 16.7. The van der Waals surface area contributed by atoms with Gasteiger partial charge in [-0.1, -0.05) is 47.5 Å². The zero-order chi connectivity index (χ0) is 22.0. The van der Waals surface area contributed by atoms with Gasteiger partial charge in [0.2, 0.25) is 0 Å². The molecule has 1 heterocycles. The van der Waals surface area contributed by atoms with Crippen molar-refractivity contribution in [2.45, 2.75) is 0 Å². The number of nitrogens with one attached hydrogen (secondary N) is 3. The number of benzene rings is 3. The first-order valence-electron chi connectivity index (χ1n) is 9.35. The van der Waals surface area contributed by atoms with Crippen molar-refractivity contribution in [1.29, 1.82) is 0 Å². The molecule has 156 valence electrons. The summed E-state index contributed by atoms with van der Waals surface area (Å²) in [5, 5.41) is 6.62. The number of H-pyrrole nitrogens is 1. The van der Waals surface area contributed by atoms with Gasteiger partial charge in [0.1, 0.15) is 11.6 Å². The Hall–Kier alpha value is -3.35. The Morgan fingerprint density at radius 1 is 1.00 bits per heavy atom. The number of anilines is 2. The number of para-hydroxylation sites is 1. The molecule has 0 aliphatic carbocycles. The van der Waals surface area contributed by atoms with Gasteiger partial charge >= 0.3 is 0 Å². The maximum Gasteiger partial charge on any atom is 0.255 e. The molecule has 3 aromatic carbocycles. The van der Waals surface area contributed by atoms with E-state index >= 15 is 0 Å². The summed E-state index contributed by atoms with van der Waals surface area (Å²) >= 11 is 12.3. The fourth-order valence-electron chi connectivity index (χ4n) is 3.20. The lowest BCUT2D eigenvalue weighted by atomic mass is 10.1. The van der Waals surface area contributed by atoms with Crippen LogP contribution in [-0.2, 0) is 0 Å². The molecule has 31 heavy (non-hydrogen) atoms. The molecule has 0 spiro atoms. The maximum atomic E-state index is 14.1. The molecule has 0 aliphatic heterocycles. The molecule has 5 nitrogen and oxygen atoms in total. The van der Waals surface area contributed by atoms with Crippen LogP contribution in [0.5, 0.6) is 0 Å². The van der Waals surface area contributed by atoms with Gasteiger partial charge in [0.25, 0.3) is 5.91 Å². The molecule has 1 amide bonds. The first kappa shape index (κ1) is 20.9. The average molecular weight is 455 g/mol. The number of imidazole rings is 1. The van der Waals surface area contributed by atoms with Gasteiger partial charge in [0.15, 0.2) is 0 Å². The Bertz CT molecular complexity index is 1230. The second kappa shape index (κ2) is 8.79. The summed E-state index contributed by atoms with van der Waals surface area (Å²) in [4.78, 5) is 20.0. The number of halogens is 3. The van der Waals surface area contributed by atoms with Crippen LogP contribution in [0.25, 0.3) is 22.6 Å². The summed E-state index contributed by atoms with van der Waals surface area (Å²) < 4.78 is 14.1. The zero-order valence-electron chi connectivity index (χ0n) is 16.3. The first-order chi connectivity index (χ1) is 15.0. The Balaban J connectivity index is 1.55. The molecule has 0 aliphatic rings. The van der Waals surface area contributed by atoms with Gasteiger partial charge < -0.3 is 15.6 Å². The van der Waals surface area contributed by atoms with Gasteiger partial charge in [-0.15, -0.1) is 0 Å². The number of carbonyl (C=O) groups is 1. The van der Waals surface area contributed by atoms with E-state index in [4.69, 9.17) is 23.2 Å². The Kier molecular flexibility index (Phi) is 5.93. The number of hydrogen-bond donors (Lipinski definition) is 3. The number of amides is 1. The summed E-state index contributed by atoms with van der Waals surface area (Å²) in [5.41, 5.74) is 3.39. The van der Waals surface area contributed by atoms with Crippen LogP contribution in [0.3, 0.4) is 0 Å². The van der Waals surface area contributed by atoms with E-state index in [1.54, 1.807) is 61.8 Å². The molecule has 1 aromatic heterocycles. The van der Waals surface area contributed by atoms with Crippen LogP contribution in [-0.4, -0.2) is 22.9 Å². The second-order valence-electron chi connectivity index (χ2n) is 6.69. The van der Waals surface area contributed by atoms with Crippen molar-refractivity contribution in [3.05, 3.63) is 88.3 Å². The van der Waals surface area contributed by atoms with Gasteiger partial charge in [-0.25, -0.2) is 9.37 Å². The number of hydrogen-bond acceptors (Lipinski definition) is 3. The standard InChI is InChI=1S/C23H17Cl2FN4O/c1-27-21-16(25)5-3-7-18(21)30-23(31)14-10-8-13(9-11-14)19-12-28-22(29-19)20-15(24)4-2-6-17(20)26/h2-12,27H,1H3,(H,28,29)(H,30,31). The molecule has 0 atom stereocenters. The Morgan fingerprint density at radius 2 is 1.71 bits per heavy atom. The summed E-state index contributed by atoms with van der Waals surface area (Å²) in [6.45, 7) is 0. The molecule has 0 radical (unpaired) electrons. The molecule has 0 saturated carbocycles. The van der Waals surface area contributed by atoms with E-state index in [-0.39, 0.29) is 16.5 Å². The minimum absolute atomic E-state index is 0.216. The van der Waals surface area contributed by atoms with Crippen LogP contribution in [0.4, 0.5) is 15.8 Å². The summed E-state index contributed by atoms with van der Waals surface area (Å²) in [6.07, 6.45) is 1.60. The van der Waals surface area contributed by atoms with Crippen LogP contribution in [0.15, 0.2) is 66.9 Å². The van der Waals surface area contributed by atoms with Crippen molar-refractivity contribution in [2.75, 3.05) is 17.7 Å². The van der Waals surface area contributed by atoms with Crippen molar-refractivity contribution in [3.63, 3.8) is 0 Å². The molecule has 0 fully saturated rings. The highest BCUT2D eigenvalue weighted by Gasteiger charge is 2.15. The number of carbonyl (C=O) groups excluding carboxylic acids is 1. The minimum atomic E-state index is -0.456. The van der Waals surface area contributed by atoms with E-state index in [2.05, 4.69) is 20.6 Å². The van der Waals surface area contributed by atoms with Gasteiger partial charge in [-0.3, -0.25) is 4.79 Å². The fraction of sp³-hybridized carbons (Fsp3) is 0.0435. The lowest BCUT2D eigenvalue weighted by molar-refractivity contribution is 0.102. The largest absolute Gasteiger partial charge is 0.385 e. The number of aromatic nitrogens is 2. The van der Waals surface area contributed by atoms with Gasteiger partial charge in [-0.2, -0.15) is 0 Å². The minimum Gasteiger partial charge on any atom is -0.385 e. The van der Waals surface area contributed by atoms with Crippen molar-refractivity contribution < 1.29 is 9.18 Å². The first-order valence-corrected chi connectivity index (χ1v) is 10.1. The quantitative estimate of drug-likeness (QED) is 0.323. The van der Waals surface area contributed by atoms with E-state index in [9.17, 15) is 9.18 Å². The Morgan fingerprint density at radius 3 is 2.42 bits per heavy atom. The molecular formula is C23H17Cl2FN4O. The molecule has 8 heteroatoms. The zero-order valence-corrected chi connectivity index (χ0v) is 17.9. The monoisotopic (exact) mass is 454 g/mol. The van der Waals surface area contributed by atoms with Gasteiger partial charge in [0.05, 0.1) is 38.9 Å². The summed E-state index contributed by atoms with van der Waals surface area (Å²) in [5.74, 6) is -0.392. The Labute approximate surface area is 188 Å². The van der Waals surface area contributed by atoms with Crippen molar-refractivity contribution in [1.82, 2.24) is 9.97 Å². The molecule has 0 bridgehead atoms. The van der Waals surface area contributed by atoms with Crippen molar-refractivity contribution in [3.8, 4) is 22.6 Å². The van der Waals surface area contributed by atoms with E-state index in [0.717, 1.165) is 5.56 Å². The fourth-order valence-corrected chi connectivity index (χ4v) is 3.72. The number of nitrogens with zero attached hydrogens (tertiary/aromatic N) is 1. The van der Waals surface area contributed by atoms with Crippen LogP contribution >= 0.6 is 23.2 Å². The predicted molar refractivity (Wildman–Crippen MR) is 123 cm³/mol. The van der Waals surface area contributed by atoms with Gasteiger partial charge in [0, 0.05) is 12.6 Å². The lowest BCUT2D eigenvalue weighted by Gasteiger charge is -2.12. The van der Waals surface area contributed by atoms with Crippen molar-refractivity contribution in [2.24, 2.45) is 0 Å². The van der Waals surface area contributed by atoms with Crippen molar-refractivity contribution >= 4 is 40.5 Å². The molecular weight excluding hydrogens is 438 g/mol. The lowest BCUT2D eigenvalue weighted by Crippen LogP contribution is -2.13. The third-order valence-electron chi connectivity index (χ3n) is 4.75. The van der Waals surface area contributed by atoms with Crippen LogP contribution < -0.4 is 10.6 Å². The number of aromatic amines is 1. The highest BCUT2D eigenvalue weighted by Crippen LogP contribution is 2.31. The SMILES string of the molecule is CNc1c(Cl)cccc1NC(=O)c1ccc(-c2cnc(-c3c(F)cccc3Cl)[nH]2)cc1. The normalized spacial score (nSPS) is 10.7. The molecule has 3 N–H and O–H groups in total. The second-order valence-corrected chi connectivity index (χ2v) is 7.50. The van der Waals surface area contributed by atoms with Crippen LogP contribution in [0, 0.1) is 5.82 Å². The van der Waals surface area contributed by atoms with E-state index in [1.165, 1.54) is 12.1 Å². The molecule has 0 saturated heterocycles. The van der Waals surface area contributed by atoms with Gasteiger partial charge in [-0.05, 0) is 42.0 Å². The summed E-state index contributed by atoms with van der Waals surface area (Å²) in [7, 11) is 1.73. The topological polar surface area (TPSA) is 69.8 Å². The molecule has 0 unspecified atom stereocenters. The maximum absolute atomic E-state index is 14.1. The number of rotatable bonds is 5. The third-order valence-corrected chi connectivity index (χ3v) is 5.38. The highest BCUT2D eigenvalue weighted by atomic mass is 35.5. The highest BCUT2D eigenvalue weighted by molar-refractivity contribution is 6.34. The molecule has 4 aromatic rings. The van der Waals surface area contributed by atoms with E-state index in [0.29, 0.717) is 33.5 Å². The van der Waals surface area contributed by atoms with Crippen LogP contribution in [0.2, 0.25) is 10.0 Å².